The van der Waals surface area contributed by atoms with E-state index in [1.165, 1.54) is 0 Å². The second-order valence-electron chi connectivity index (χ2n) is 6.18. The molecule has 0 spiro atoms. The number of fused-ring (bicyclic) bond motifs is 1. The number of nitrogens with zero attached hydrogens (tertiary/aromatic N) is 3. The van der Waals surface area contributed by atoms with E-state index in [2.05, 4.69) is 9.97 Å². The smallest absolute Gasteiger partial charge is 0.255 e. The number of likely N-dealkylation sites (tertiary alicyclic amines) is 1. The molecular weight excluding hydrogens is 314 g/mol. The van der Waals surface area contributed by atoms with Crippen LogP contribution in [0.3, 0.4) is 0 Å². The van der Waals surface area contributed by atoms with Crippen LogP contribution in [0, 0.1) is 0 Å². The van der Waals surface area contributed by atoms with Crippen LogP contribution >= 0.6 is 0 Å². The molecule has 1 aliphatic rings. The number of para-hydroxylation sites is 1. The summed E-state index contributed by atoms with van der Waals surface area (Å²) in [6.07, 6.45) is 6.81. The van der Waals surface area contributed by atoms with Crippen molar-refractivity contribution in [2.45, 2.75) is 18.9 Å². The molecule has 0 radical (unpaired) electrons. The molecule has 25 heavy (non-hydrogen) atoms. The predicted molar refractivity (Wildman–Crippen MR) is 95.5 cm³/mol. The Hall–Kier alpha value is -2.95. The highest BCUT2D eigenvalue weighted by molar-refractivity contribution is 5.93. The van der Waals surface area contributed by atoms with Gasteiger partial charge in [0.15, 0.2) is 0 Å². The lowest BCUT2D eigenvalue weighted by molar-refractivity contribution is 0.0597. The fourth-order valence-corrected chi connectivity index (χ4v) is 3.20. The van der Waals surface area contributed by atoms with Gasteiger partial charge >= 0.3 is 0 Å². The van der Waals surface area contributed by atoms with Crippen LogP contribution in [-0.4, -0.2) is 40.0 Å². The van der Waals surface area contributed by atoms with Crippen molar-refractivity contribution in [2.24, 2.45) is 0 Å². The van der Waals surface area contributed by atoms with E-state index in [0.29, 0.717) is 18.7 Å². The van der Waals surface area contributed by atoms with Gasteiger partial charge in [0.25, 0.3) is 5.91 Å². The van der Waals surface area contributed by atoms with Crippen LogP contribution in [0.5, 0.6) is 5.75 Å². The molecule has 5 heteroatoms. The van der Waals surface area contributed by atoms with E-state index in [-0.39, 0.29) is 12.0 Å². The van der Waals surface area contributed by atoms with Crippen LogP contribution in [-0.2, 0) is 0 Å². The number of ether oxygens (including phenoxy) is 1. The molecule has 1 aliphatic heterocycles. The molecule has 0 atom stereocenters. The summed E-state index contributed by atoms with van der Waals surface area (Å²) in [5.74, 6) is 0.855. The minimum Gasteiger partial charge on any atom is -0.488 e. The first-order valence-corrected chi connectivity index (χ1v) is 8.51. The van der Waals surface area contributed by atoms with Gasteiger partial charge in [0.2, 0.25) is 0 Å². The van der Waals surface area contributed by atoms with Crippen LogP contribution in [0.25, 0.3) is 10.9 Å². The topological polar surface area (TPSA) is 55.3 Å². The molecule has 5 nitrogen and oxygen atoms in total. The first kappa shape index (κ1) is 15.6. The van der Waals surface area contributed by atoms with Crippen molar-refractivity contribution in [1.82, 2.24) is 14.9 Å². The molecule has 3 heterocycles. The lowest BCUT2D eigenvalue weighted by Gasteiger charge is -2.32. The van der Waals surface area contributed by atoms with Crippen LogP contribution < -0.4 is 4.74 Å². The highest BCUT2D eigenvalue weighted by atomic mass is 16.5. The molecule has 0 aliphatic carbocycles. The van der Waals surface area contributed by atoms with Crippen molar-refractivity contribution < 1.29 is 9.53 Å². The number of aromatic nitrogens is 2. The number of benzene rings is 1. The average Bonchev–Trinajstić information content (AvgIpc) is 2.69. The number of pyridine rings is 2. The van der Waals surface area contributed by atoms with Gasteiger partial charge in [-0.05, 0) is 24.3 Å². The maximum atomic E-state index is 12.5. The Morgan fingerprint density at radius 1 is 1.04 bits per heavy atom. The number of hydrogen-bond acceptors (Lipinski definition) is 4. The summed E-state index contributed by atoms with van der Waals surface area (Å²) in [5.41, 5.74) is 1.53. The molecule has 0 N–H and O–H groups in total. The quantitative estimate of drug-likeness (QED) is 0.738. The van der Waals surface area contributed by atoms with Crippen molar-refractivity contribution in [2.75, 3.05) is 13.1 Å². The number of rotatable bonds is 3. The van der Waals surface area contributed by atoms with Crippen molar-refractivity contribution >= 4 is 16.8 Å². The largest absolute Gasteiger partial charge is 0.488 e. The third-order valence-electron chi connectivity index (χ3n) is 4.53. The van der Waals surface area contributed by atoms with E-state index >= 15 is 0 Å². The molecule has 1 fully saturated rings. The Bertz CT molecular complexity index is 869. The van der Waals surface area contributed by atoms with Crippen molar-refractivity contribution in [1.29, 1.82) is 0 Å². The lowest BCUT2D eigenvalue weighted by atomic mass is 10.1. The second kappa shape index (κ2) is 6.89. The summed E-state index contributed by atoms with van der Waals surface area (Å²) < 4.78 is 6.19. The van der Waals surface area contributed by atoms with Gasteiger partial charge in [-0.15, -0.1) is 0 Å². The maximum Gasteiger partial charge on any atom is 0.255 e. The van der Waals surface area contributed by atoms with Gasteiger partial charge in [-0.25, -0.2) is 0 Å². The molecule has 0 bridgehead atoms. The van der Waals surface area contributed by atoms with Gasteiger partial charge < -0.3 is 9.64 Å². The number of carbonyl (C=O) groups excluding carboxylic acids is 1. The molecule has 2 aromatic heterocycles. The van der Waals surface area contributed by atoms with Crippen molar-refractivity contribution in [3.05, 3.63) is 66.6 Å². The maximum absolute atomic E-state index is 12.5. The summed E-state index contributed by atoms with van der Waals surface area (Å²) in [6.45, 7) is 1.38. The Morgan fingerprint density at radius 3 is 2.64 bits per heavy atom. The predicted octanol–water partition coefficient (Wildman–Crippen LogP) is 3.31. The van der Waals surface area contributed by atoms with Gasteiger partial charge in [-0.1, -0.05) is 18.2 Å². The zero-order valence-corrected chi connectivity index (χ0v) is 13.8. The standard InChI is InChI=1S/C20H19N3O2/c24-20(16-6-2-10-21-14-16)23-12-8-17(9-13-23)25-18-7-1-4-15-5-3-11-22-19(15)18/h1-7,10-11,14,17H,8-9,12-13H2. The van der Waals surface area contributed by atoms with Gasteiger partial charge in [0.05, 0.1) is 5.56 Å². The Morgan fingerprint density at radius 2 is 1.84 bits per heavy atom. The highest BCUT2D eigenvalue weighted by Gasteiger charge is 2.25. The summed E-state index contributed by atoms with van der Waals surface area (Å²) in [4.78, 5) is 22.8. The number of piperidine rings is 1. The monoisotopic (exact) mass is 333 g/mol. The highest BCUT2D eigenvalue weighted by Crippen LogP contribution is 2.26. The van der Waals surface area contributed by atoms with Gasteiger partial charge in [0, 0.05) is 49.9 Å². The first-order chi connectivity index (χ1) is 12.3. The zero-order valence-electron chi connectivity index (χ0n) is 13.8. The molecule has 0 unspecified atom stereocenters. The fourth-order valence-electron chi connectivity index (χ4n) is 3.20. The van der Waals surface area contributed by atoms with E-state index in [4.69, 9.17) is 4.74 Å². The molecule has 3 aromatic rings. The van der Waals surface area contributed by atoms with E-state index < -0.39 is 0 Å². The molecular formula is C20H19N3O2. The van der Waals surface area contributed by atoms with Crippen LogP contribution in [0.4, 0.5) is 0 Å². The summed E-state index contributed by atoms with van der Waals surface area (Å²) in [7, 11) is 0. The van der Waals surface area contributed by atoms with E-state index in [1.807, 2.05) is 35.2 Å². The van der Waals surface area contributed by atoms with Crippen LogP contribution in [0.2, 0.25) is 0 Å². The van der Waals surface area contributed by atoms with Crippen molar-refractivity contribution in [3.8, 4) is 5.75 Å². The average molecular weight is 333 g/mol. The lowest BCUT2D eigenvalue weighted by Crippen LogP contribution is -2.41. The molecule has 4 rings (SSSR count). The van der Waals surface area contributed by atoms with Gasteiger partial charge in [-0.3, -0.25) is 14.8 Å². The van der Waals surface area contributed by atoms with E-state index in [1.54, 1.807) is 30.7 Å². The summed E-state index contributed by atoms with van der Waals surface area (Å²) >= 11 is 0. The zero-order chi connectivity index (χ0) is 17.1. The normalized spacial score (nSPS) is 15.3. The third kappa shape index (κ3) is 3.31. The molecule has 1 amide bonds. The minimum absolute atomic E-state index is 0.0402. The van der Waals surface area contributed by atoms with Gasteiger partial charge in [-0.2, -0.15) is 0 Å². The molecule has 1 aromatic carbocycles. The van der Waals surface area contributed by atoms with Crippen molar-refractivity contribution in [3.63, 3.8) is 0 Å². The molecule has 1 saturated heterocycles. The Kier molecular flexibility index (Phi) is 4.29. The number of hydrogen-bond donors (Lipinski definition) is 0. The SMILES string of the molecule is O=C(c1cccnc1)N1CCC(Oc2cccc3cccnc23)CC1. The van der Waals surface area contributed by atoms with Crippen LogP contribution in [0.15, 0.2) is 61.1 Å². The molecule has 0 saturated carbocycles. The van der Waals surface area contributed by atoms with E-state index in [9.17, 15) is 4.79 Å². The third-order valence-corrected chi connectivity index (χ3v) is 4.53. The van der Waals surface area contributed by atoms with Gasteiger partial charge in [0.1, 0.15) is 17.4 Å². The second-order valence-corrected chi connectivity index (χ2v) is 6.18. The summed E-state index contributed by atoms with van der Waals surface area (Å²) in [5, 5.41) is 1.07. The number of carbonyl (C=O) groups is 1. The Labute approximate surface area is 146 Å². The van der Waals surface area contributed by atoms with Crippen LogP contribution in [0.1, 0.15) is 23.2 Å². The molecule has 126 valence electrons. The summed E-state index contributed by atoms with van der Waals surface area (Å²) in [6, 6.07) is 13.5. The minimum atomic E-state index is 0.0402. The fraction of sp³-hybridized carbons (Fsp3) is 0.250. The van der Waals surface area contributed by atoms with E-state index in [0.717, 1.165) is 29.5 Å². The Balaban J connectivity index is 1.41. The number of amides is 1. The first-order valence-electron chi connectivity index (χ1n) is 8.51.